The lowest BCUT2D eigenvalue weighted by atomic mass is 9.97. The van der Waals surface area contributed by atoms with Gasteiger partial charge in [-0.2, -0.15) is 0 Å². The zero-order valence-electron chi connectivity index (χ0n) is 9.11. The van der Waals surface area contributed by atoms with Gasteiger partial charge in [0.25, 0.3) is 0 Å². The SMILES string of the molecule is CC1CC(N)CCN1CC1CCOC1. The summed E-state index contributed by atoms with van der Waals surface area (Å²) in [7, 11) is 0. The van der Waals surface area contributed by atoms with Crippen molar-refractivity contribution in [2.45, 2.75) is 38.3 Å². The fraction of sp³-hybridized carbons (Fsp3) is 1.00. The van der Waals surface area contributed by atoms with Gasteiger partial charge in [0.2, 0.25) is 0 Å². The molecule has 0 aromatic rings. The van der Waals surface area contributed by atoms with E-state index in [2.05, 4.69) is 11.8 Å². The normalized spacial score (nSPS) is 40.3. The molecule has 2 N–H and O–H groups in total. The Balaban J connectivity index is 1.79. The monoisotopic (exact) mass is 198 g/mol. The van der Waals surface area contributed by atoms with Crippen LogP contribution in [0.15, 0.2) is 0 Å². The van der Waals surface area contributed by atoms with Crippen molar-refractivity contribution in [3.8, 4) is 0 Å². The zero-order chi connectivity index (χ0) is 9.97. The summed E-state index contributed by atoms with van der Waals surface area (Å²) in [5.41, 5.74) is 5.94. The van der Waals surface area contributed by atoms with E-state index in [1.54, 1.807) is 0 Å². The second-order valence-electron chi connectivity index (χ2n) is 4.86. The maximum Gasteiger partial charge on any atom is 0.0507 e. The minimum atomic E-state index is 0.432. The van der Waals surface area contributed by atoms with Crippen molar-refractivity contribution in [3.63, 3.8) is 0 Å². The third-order valence-electron chi connectivity index (χ3n) is 3.57. The fourth-order valence-corrected chi connectivity index (χ4v) is 2.59. The molecule has 3 atom stereocenters. The predicted octanol–water partition coefficient (Wildman–Crippen LogP) is 0.834. The summed E-state index contributed by atoms with van der Waals surface area (Å²) < 4.78 is 5.40. The topological polar surface area (TPSA) is 38.5 Å². The van der Waals surface area contributed by atoms with Gasteiger partial charge in [-0.25, -0.2) is 0 Å². The van der Waals surface area contributed by atoms with E-state index in [0.717, 1.165) is 32.0 Å². The van der Waals surface area contributed by atoms with Gasteiger partial charge in [-0.1, -0.05) is 0 Å². The van der Waals surface area contributed by atoms with Crippen LogP contribution in [0, 0.1) is 5.92 Å². The van der Waals surface area contributed by atoms with Crippen molar-refractivity contribution in [3.05, 3.63) is 0 Å². The number of likely N-dealkylation sites (tertiary alicyclic amines) is 1. The zero-order valence-corrected chi connectivity index (χ0v) is 9.11. The molecule has 2 aliphatic rings. The van der Waals surface area contributed by atoms with E-state index in [1.807, 2.05) is 0 Å². The number of hydrogen-bond donors (Lipinski definition) is 1. The molecule has 2 fully saturated rings. The number of nitrogens with zero attached hydrogens (tertiary/aromatic N) is 1. The molecular weight excluding hydrogens is 176 g/mol. The van der Waals surface area contributed by atoms with Gasteiger partial charge in [-0.05, 0) is 38.6 Å². The van der Waals surface area contributed by atoms with Gasteiger partial charge in [0, 0.05) is 25.2 Å². The Bertz CT molecular complexity index is 180. The Morgan fingerprint density at radius 3 is 2.93 bits per heavy atom. The molecule has 2 aliphatic heterocycles. The van der Waals surface area contributed by atoms with E-state index < -0.39 is 0 Å². The summed E-state index contributed by atoms with van der Waals surface area (Å²) in [6.45, 7) is 6.63. The molecule has 0 saturated carbocycles. The molecular formula is C11H22N2O. The van der Waals surface area contributed by atoms with Crippen LogP contribution in [-0.4, -0.2) is 43.3 Å². The van der Waals surface area contributed by atoms with Crippen molar-refractivity contribution in [1.29, 1.82) is 0 Å². The Kier molecular flexibility index (Phi) is 3.42. The van der Waals surface area contributed by atoms with Gasteiger partial charge in [-0.15, -0.1) is 0 Å². The van der Waals surface area contributed by atoms with Gasteiger partial charge in [0.05, 0.1) is 6.61 Å². The molecule has 14 heavy (non-hydrogen) atoms. The number of hydrogen-bond acceptors (Lipinski definition) is 3. The summed E-state index contributed by atoms with van der Waals surface area (Å²) in [4.78, 5) is 2.59. The minimum Gasteiger partial charge on any atom is -0.381 e. The third-order valence-corrected chi connectivity index (χ3v) is 3.57. The summed E-state index contributed by atoms with van der Waals surface area (Å²) in [6, 6.07) is 1.10. The summed E-state index contributed by atoms with van der Waals surface area (Å²) in [6.07, 6.45) is 3.57. The van der Waals surface area contributed by atoms with Crippen LogP contribution in [0.1, 0.15) is 26.2 Å². The summed E-state index contributed by atoms with van der Waals surface area (Å²) in [5, 5.41) is 0. The number of ether oxygens (including phenoxy) is 1. The maximum atomic E-state index is 5.94. The van der Waals surface area contributed by atoms with Crippen LogP contribution in [0.5, 0.6) is 0 Å². The molecule has 0 aromatic heterocycles. The first kappa shape index (κ1) is 10.4. The average Bonchev–Trinajstić information content (AvgIpc) is 2.62. The van der Waals surface area contributed by atoms with E-state index in [-0.39, 0.29) is 0 Å². The van der Waals surface area contributed by atoms with Crippen LogP contribution in [0.4, 0.5) is 0 Å². The molecule has 0 aromatic carbocycles. The number of rotatable bonds is 2. The highest BCUT2D eigenvalue weighted by atomic mass is 16.5. The number of nitrogens with two attached hydrogens (primary N) is 1. The van der Waals surface area contributed by atoms with Crippen molar-refractivity contribution in [2.24, 2.45) is 11.7 Å². The van der Waals surface area contributed by atoms with Crippen LogP contribution in [0.25, 0.3) is 0 Å². The van der Waals surface area contributed by atoms with Crippen LogP contribution < -0.4 is 5.73 Å². The van der Waals surface area contributed by atoms with Crippen LogP contribution in [0.3, 0.4) is 0 Å². The van der Waals surface area contributed by atoms with E-state index in [0.29, 0.717) is 12.1 Å². The predicted molar refractivity (Wildman–Crippen MR) is 57.2 cm³/mol. The van der Waals surface area contributed by atoms with Crippen molar-refractivity contribution in [2.75, 3.05) is 26.3 Å². The molecule has 82 valence electrons. The third kappa shape index (κ3) is 2.47. The van der Waals surface area contributed by atoms with E-state index in [1.165, 1.54) is 19.5 Å². The molecule has 3 nitrogen and oxygen atoms in total. The lowest BCUT2D eigenvalue weighted by molar-refractivity contribution is 0.115. The standard InChI is InChI=1S/C11H22N2O/c1-9-6-11(12)2-4-13(9)7-10-3-5-14-8-10/h9-11H,2-8,12H2,1H3. The van der Waals surface area contributed by atoms with Gasteiger partial charge >= 0.3 is 0 Å². The molecule has 2 heterocycles. The minimum absolute atomic E-state index is 0.432. The van der Waals surface area contributed by atoms with E-state index in [9.17, 15) is 0 Å². The number of piperidine rings is 1. The van der Waals surface area contributed by atoms with Gasteiger partial charge in [0.1, 0.15) is 0 Å². The maximum absolute atomic E-state index is 5.94. The van der Waals surface area contributed by atoms with E-state index >= 15 is 0 Å². The highest BCUT2D eigenvalue weighted by molar-refractivity contribution is 4.82. The first-order valence-electron chi connectivity index (χ1n) is 5.83. The molecule has 0 spiro atoms. The van der Waals surface area contributed by atoms with E-state index in [4.69, 9.17) is 10.5 Å². The molecule has 2 rings (SSSR count). The largest absolute Gasteiger partial charge is 0.381 e. The Hall–Kier alpha value is -0.120. The molecule has 0 radical (unpaired) electrons. The highest BCUT2D eigenvalue weighted by Gasteiger charge is 2.26. The van der Waals surface area contributed by atoms with Crippen molar-refractivity contribution >= 4 is 0 Å². The van der Waals surface area contributed by atoms with Gasteiger partial charge in [-0.3, -0.25) is 0 Å². The Morgan fingerprint density at radius 2 is 2.29 bits per heavy atom. The van der Waals surface area contributed by atoms with Crippen LogP contribution >= 0.6 is 0 Å². The first-order chi connectivity index (χ1) is 6.75. The van der Waals surface area contributed by atoms with Crippen LogP contribution in [0.2, 0.25) is 0 Å². The smallest absolute Gasteiger partial charge is 0.0507 e. The van der Waals surface area contributed by atoms with Crippen molar-refractivity contribution < 1.29 is 4.74 Å². The molecule has 2 saturated heterocycles. The Morgan fingerprint density at radius 1 is 1.43 bits per heavy atom. The van der Waals surface area contributed by atoms with Crippen molar-refractivity contribution in [1.82, 2.24) is 4.90 Å². The lowest BCUT2D eigenvalue weighted by Gasteiger charge is -2.37. The van der Waals surface area contributed by atoms with Crippen LogP contribution in [-0.2, 0) is 4.74 Å². The molecule has 0 aliphatic carbocycles. The highest BCUT2D eigenvalue weighted by Crippen LogP contribution is 2.20. The molecule has 3 heteroatoms. The summed E-state index contributed by atoms with van der Waals surface area (Å²) in [5.74, 6) is 0.770. The Labute approximate surface area is 86.6 Å². The lowest BCUT2D eigenvalue weighted by Crippen LogP contribution is -2.47. The quantitative estimate of drug-likeness (QED) is 0.714. The first-order valence-corrected chi connectivity index (χ1v) is 5.83. The van der Waals surface area contributed by atoms with Gasteiger partial charge < -0.3 is 15.4 Å². The second-order valence-corrected chi connectivity index (χ2v) is 4.86. The average molecular weight is 198 g/mol. The van der Waals surface area contributed by atoms with Gasteiger partial charge in [0.15, 0.2) is 0 Å². The second kappa shape index (κ2) is 4.60. The summed E-state index contributed by atoms with van der Waals surface area (Å²) >= 11 is 0. The molecule has 0 bridgehead atoms. The fourth-order valence-electron chi connectivity index (χ4n) is 2.59. The molecule has 3 unspecified atom stereocenters. The molecule has 0 amide bonds.